The van der Waals surface area contributed by atoms with E-state index in [2.05, 4.69) is 173 Å². The Balaban J connectivity index is 0.000000209. The number of likely N-dealkylation sites (tertiary alicyclic amines) is 1. The van der Waals surface area contributed by atoms with Crippen LogP contribution in [0.15, 0.2) is 266 Å². The number of nitrogens with one attached hydrogen (secondary N) is 4. The molecule has 2 aliphatic heterocycles. The van der Waals surface area contributed by atoms with Gasteiger partial charge in [-0.05, 0) is 251 Å². The Morgan fingerprint density at radius 3 is 1.30 bits per heavy atom. The van der Waals surface area contributed by atoms with Crippen molar-refractivity contribution < 1.29 is 47.7 Å². The molecule has 11 aromatic rings. The van der Waals surface area contributed by atoms with Crippen LogP contribution in [0.4, 0.5) is 28.4 Å². The Labute approximate surface area is 821 Å². The third-order valence-electron chi connectivity index (χ3n) is 24.5. The number of ketones is 1. The molecule has 714 valence electrons. The lowest BCUT2D eigenvalue weighted by atomic mass is 9.76. The van der Waals surface area contributed by atoms with E-state index in [-0.39, 0.29) is 39.4 Å². The van der Waals surface area contributed by atoms with Crippen molar-refractivity contribution in [1.29, 1.82) is 0 Å². The number of benzene rings is 11. The molecule has 0 bridgehead atoms. The molecule has 0 aliphatic carbocycles. The van der Waals surface area contributed by atoms with Crippen LogP contribution in [0.25, 0.3) is 5.70 Å². The maximum atomic E-state index is 14.1. The molecular weight excluding hydrogens is 1770 g/mol. The number of ether oxygens (including phenoxy) is 5. The molecule has 11 aromatic carbocycles. The predicted molar refractivity (Wildman–Crippen MR) is 560 cm³/mol. The van der Waals surface area contributed by atoms with Gasteiger partial charge in [0, 0.05) is 73.4 Å². The van der Waals surface area contributed by atoms with Gasteiger partial charge in [-0.2, -0.15) is 10.1 Å². The molecule has 135 heavy (non-hydrogen) atoms. The van der Waals surface area contributed by atoms with Crippen LogP contribution in [0.1, 0.15) is 235 Å². The van der Waals surface area contributed by atoms with E-state index in [4.69, 9.17) is 75.4 Å². The molecule has 17 nitrogen and oxygen atoms in total. The summed E-state index contributed by atoms with van der Waals surface area (Å²) in [5, 5.41) is 16.6. The summed E-state index contributed by atoms with van der Waals surface area (Å²) in [6.45, 7) is 47.1. The van der Waals surface area contributed by atoms with Crippen molar-refractivity contribution in [2.24, 2.45) is 11.0 Å². The van der Waals surface area contributed by atoms with E-state index >= 15 is 0 Å². The van der Waals surface area contributed by atoms with E-state index in [0.29, 0.717) is 85.4 Å². The zero-order chi connectivity index (χ0) is 98.5. The van der Waals surface area contributed by atoms with Crippen LogP contribution in [0.3, 0.4) is 0 Å². The number of hydrazone groups is 1. The van der Waals surface area contributed by atoms with Gasteiger partial charge < -0.3 is 44.5 Å². The topological polar surface area (TPSA) is 198 Å². The van der Waals surface area contributed by atoms with Crippen molar-refractivity contribution in [3.05, 3.63) is 337 Å². The molecule has 13 rings (SSSR count). The van der Waals surface area contributed by atoms with Crippen LogP contribution in [0, 0.1) is 33.6 Å². The smallest absolute Gasteiger partial charge is 0.294 e. The van der Waals surface area contributed by atoms with Gasteiger partial charge in [-0.15, -0.1) is 0 Å². The molecule has 0 spiro atoms. The SMILES string of the molecule is CC(C)C.CCC(Oc1ccc(C(C)(C)CC)cc1C(C)(C)CC)C(=O)Nc1ccccc1N1N=C(c2ccc(Cl)cc2)C(Oc2ccc(C)cc2)C1=O.CCC(Oc1ccc(C(C)(C)CC)cc1C(C)(C)CC)C(=O)Nc1ccccc1NCl.Cc1ccc(NC(=O)C(Oc2ccc(C)cc2)C(=O)c2ccc(Cl)cc2)cc1.Cc1ccc(O/C=C(\c2ccc(Cl)cc2)N2CCCC2)cc1. The second-order valence-electron chi connectivity index (χ2n) is 37.4. The number of Topliss-reactive ketones (excluding diaryl/α,β-unsaturated/α-hetero) is 1. The second-order valence-corrected chi connectivity index (χ2v) is 38.9. The van der Waals surface area contributed by atoms with E-state index in [1.807, 2.05) is 174 Å². The van der Waals surface area contributed by atoms with Crippen molar-refractivity contribution in [1.82, 2.24) is 4.90 Å². The number of carbonyl (C=O) groups excluding carboxylic acids is 5. The van der Waals surface area contributed by atoms with Crippen LogP contribution in [-0.4, -0.2) is 77.5 Å². The molecule has 21 heteroatoms. The number of rotatable bonds is 33. The standard InChI is InChI=1S/C42H48ClN3O4.C26H37ClN2O2.C23H20ClNO3.C19H20ClNO.C4H10/c1-9-35(50-36-25-20-29(41(5,6)10-2)26-32(36)42(7,8)11-3)39(47)44-33-14-12-13-15-34(33)46-40(48)38(49-31-23-16-27(4)17-24-31)37(45-46)28-18-21-30(43)22-19-28;1-8-22(24(30)28-20-13-11-12-14-21(20)29-27)31-23-16-15-18(25(4,5)9-2)17-19(23)26(6,7)10-3;1-15-3-11-19(12-4-15)25-23(27)22(28-20-13-5-16(2)6-14-20)21(26)17-7-9-18(24)10-8-17;1-15-4-10-18(11-5-15)22-14-19(21-12-2-3-13-21)16-6-8-17(20)9-7-16;1-4(2)3/h12-26,35,38H,9-11H2,1-8H3,(H,44,47);11-17,22,29H,8-10H2,1-7H3,(H,28,30);3-14,22H,1-2H3,(H,25,27);4-11,14H,2-3,12-13H2,1H3;4H,1-3H3/b;;;19-14+;. The monoisotopic (exact) mass is 1900 g/mol. The van der Waals surface area contributed by atoms with Crippen LogP contribution in [0.2, 0.25) is 15.1 Å². The molecule has 0 saturated carbocycles. The number of anilines is 5. The normalized spacial score (nSPS) is 13.8. The first-order valence-corrected chi connectivity index (χ1v) is 48.3. The molecule has 1 fully saturated rings. The molecule has 0 aromatic heterocycles. The first-order chi connectivity index (χ1) is 64.2. The molecule has 4 amide bonds. The fourth-order valence-electron chi connectivity index (χ4n) is 14.3. The molecule has 0 radical (unpaired) electrons. The molecule has 2 aliphatic rings. The molecule has 4 N–H and O–H groups in total. The third-order valence-corrected chi connectivity index (χ3v) is 25.4. The van der Waals surface area contributed by atoms with E-state index in [1.54, 1.807) is 84.9 Å². The highest BCUT2D eigenvalue weighted by Crippen LogP contribution is 2.43. The number of amides is 4. The highest BCUT2D eigenvalue weighted by Gasteiger charge is 2.42. The fraction of sp³-hybridized carbons (Fsp3) is 0.351. The Morgan fingerprint density at radius 2 is 0.852 bits per heavy atom. The fourth-order valence-corrected chi connectivity index (χ4v) is 14.8. The summed E-state index contributed by atoms with van der Waals surface area (Å²) in [5.41, 5.74) is 15.5. The summed E-state index contributed by atoms with van der Waals surface area (Å²) in [7, 11) is 0. The van der Waals surface area contributed by atoms with Gasteiger partial charge >= 0.3 is 0 Å². The lowest BCUT2D eigenvalue weighted by Gasteiger charge is -2.31. The van der Waals surface area contributed by atoms with Crippen molar-refractivity contribution in [2.75, 3.05) is 38.9 Å². The highest BCUT2D eigenvalue weighted by atomic mass is 35.5. The summed E-state index contributed by atoms with van der Waals surface area (Å²) in [4.78, 5) is 71.9. The average molecular weight is 1910 g/mol. The Hall–Kier alpha value is -11.9. The van der Waals surface area contributed by atoms with Crippen molar-refractivity contribution in [3.63, 3.8) is 0 Å². The van der Waals surface area contributed by atoms with Gasteiger partial charge in [0.2, 0.25) is 18.0 Å². The summed E-state index contributed by atoms with van der Waals surface area (Å²) in [6.07, 6.45) is 5.51. The van der Waals surface area contributed by atoms with Crippen molar-refractivity contribution >= 4 is 116 Å². The number of hydrogen-bond donors (Lipinski definition) is 4. The zero-order valence-electron chi connectivity index (χ0n) is 82.2. The molecule has 1 saturated heterocycles. The van der Waals surface area contributed by atoms with Gasteiger partial charge in [0.15, 0.2) is 12.2 Å². The first-order valence-electron chi connectivity index (χ1n) is 46.8. The number of halogens is 4. The molecule has 4 atom stereocenters. The van der Waals surface area contributed by atoms with Crippen LogP contribution < -0.4 is 49.5 Å². The van der Waals surface area contributed by atoms with Gasteiger partial charge in [0.25, 0.3) is 23.6 Å². The summed E-state index contributed by atoms with van der Waals surface area (Å²) in [5.74, 6) is 2.26. The zero-order valence-corrected chi connectivity index (χ0v) is 85.2. The summed E-state index contributed by atoms with van der Waals surface area (Å²) in [6, 6.07) is 78.8. The number of aryl methyl sites for hydroxylation is 4. The quantitative estimate of drug-likeness (QED) is 0.0132. The van der Waals surface area contributed by atoms with Gasteiger partial charge in [-0.3, -0.25) is 28.8 Å². The van der Waals surface area contributed by atoms with Crippen molar-refractivity contribution in [2.45, 2.75) is 243 Å². The minimum Gasteiger partial charge on any atom is -0.480 e. The second kappa shape index (κ2) is 50.1. The van der Waals surface area contributed by atoms with E-state index in [0.717, 1.165) is 100 Å². The number of carbonyl (C=O) groups is 5. The van der Waals surface area contributed by atoms with E-state index in [1.165, 1.54) is 34.5 Å². The van der Waals surface area contributed by atoms with Crippen LogP contribution >= 0.6 is 46.6 Å². The minimum atomic E-state index is -1.33. The van der Waals surface area contributed by atoms with Gasteiger partial charge in [-0.1, -0.05) is 296 Å². The summed E-state index contributed by atoms with van der Waals surface area (Å²) < 4.78 is 30.8. The third kappa shape index (κ3) is 30.6. The Morgan fingerprint density at radius 1 is 0.452 bits per heavy atom. The van der Waals surface area contributed by atoms with Gasteiger partial charge in [0.1, 0.15) is 40.7 Å². The number of nitrogens with zero attached hydrogens (tertiary/aromatic N) is 3. The van der Waals surface area contributed by atoms with Crippen molar-refractivity contribution in [3.8, 4) is 28.7 Å². The van der Waals surface area contributed by atoms with Gasteiger partial charge in [0.05, 0.1) is 28.4 Å². The van der Waals surface area contributed by atoms with Crippen LogP contribution in [0.5, 0.6) is 28.7 Å². The minimum absolute atomic E-state index is 0.00937. The van der Waals surface area contributed by atoms with Crippen LogP contribution in [-0.2, 0) is 40.8 Å². The Bertz CT molecular complexity index is 5780. The summed E-state index contributed by atoms with van der Waals surface area (Å²) >= 11 is 23.9. The average Bonchev–Trinajstić information content (AvgIpc) is 1.77. The predicted octanol–water partition coefficient (Wildman–Crippen LogP) is 29.5. The van der Waals surface area contributed by atoms with E-state index in [9.17, 15) is 24.0 Å². The molecule has 4 unspecified atom stereocenters. The number of para-hydroxylation sites is 4. The molecule has 2 heterocycles. The molecular formula is C114H135Cl4N7O10. The van der Waals surface area contributed by atoms with Gasteiger partial charge in [-0.25, -0.2) is 0 Å². The maximum Gasteiger partial charge on any atom is 0.294 e. The largest absolute Gasteiger partial charge is 0.480 e. The highest BCUT2D eigenvalue weighted by molar-refractivity contribution is 6.32. The first kappa shape index (κ1) is 107. The number of hydrogen-bond acceptors (Lipinski definition) is 13. The lowest BCUT2D eigenvalue weighted by Crippen LogP contribution is -2.40. The lowest BCUT2D eigenvalue weighted by molar-refractivity contribution is -0.123. The maximum absolute atomic E-state index is 14.1. The Kier molecular flexibility index (Phi) is 39.6. The van der Waals surface area contributed by atoms with E-state index < -0.39 is 36.1 Å².